The fourth-order valence-electron chi connectivity index (χ4n) is 3.32. The molecule has 0 bridgehead atoms. The number of hydrogen-bond acceptors (Lipinski definition) is 5. The van der Waals surface area contributed by atoms with Gasteiger partial charge in [0, 0.05) is 28.3 Å². The molecule has 0 saturated heterocycles. The highest BCUT2D eigenvalue weighted by atomic mass is 32.1. The minimum absolute atomic E-state index is 0.140. The summed E-state index contributed by atoms with van der Waals surface area (Å²) in [6, 6.07) is 3.96. The Bertz CT molecular complexity index is 715. The molecule has 0 radical (unpaired) electrons. The molecule has 1 N–H and O–H groups in total. The normalized spacial score (nSPS) is 22.1. The van der Waals surface area contributed by atoms with E-state index in [1.807, 2.05) is 38.3 Å². The van der Waals surface area contributed by atoms with E-state index in [0.29, 0.717) is 12.0 Å². The Morgan fingerprint density at radius 1 is 1.46 bits per heavy atom. The van der Waals surface area contributed by atoms with Crippen LogP contribution in [0.4, 0.5) is 0 Å². The Labute approximate surface area is 146 Å². The lowest BCUT2D eigenvalue weighted by molar-refractivity contribution is -0.143. The third-order valence-electron chi connectivity index (χ3n) is 4.71. The van der Waals surface area contributed by atoms with Gasteiger partial charge in [-0.3, -0.25) is 4.79 Å². The van der Waals surface area contributed by atoms with Crippen LogP contribution in [-0.2, 0) is 14.3 Å². The lowest BCUT2D eigenvalue weighted by atomic mass is 9.78. The smallest absolute Gasteiger partial charge is 0.337 e. The molecule has 2 aliphatic rings. The largest absolute Gasteiger partial charge is 0.459 e. The van der Waals surface area contributed by atoms with Crippen LogP contribution in [-0.4, -0.2) is 17.9 Å². The Hall–Kier alpha value is -1.88. The van der Waals surface area contributed by atoms with Crippen molar-refractivity contribution in [3.05, 3.63) is 44.9 Å². The SMILES string of the molecule is CC[C@@H](C)OC(=O)C1=C(C)NC2=C(C(=O)CCC2)[C@@H]1c1cccs1. The van der Waals surface area contributed by atoms with Crippen LogP contribution in [0.25, 0.3) is 0 Å². The molecule has 1 aliphatic carbocycles. The van der Waals surface area contributed by atoms with Gasteiger partial charge in [-0.1, -0.05) is 13.0 Å². The molecular weight excluding hydrogens is 322 g/mol. The van der Waals surface area contributed by atoms with Crippen LogP contribution in [0.3, 0.4) is 0 Å². The minimum atomic E-state index is -0.322. The molecule has 2 atom stereocenters. The molecule has 1 aliphatic heterocycles. The summed E-state index contributed by atoms with van der Waals surface area (Å²) in [7, 11) is 0. The first-order valence-electron chi connectivity index (χ1n) is 8.51. The van der Waals surface area contributed by atoms with E-state index in [9.17, 15) is 9.59 Å². The van der Waals surface area contributed by atoms with Gasteiger partial charge in [-0.25, -0.2) is 4.79 Å². The molecule has 0 saturated carbocycles. The number of rotatable bonds is 4. The zero-order valence-electron chi connectivity index (χ0n) is 14.3. The van der Waals surface area contributed by atoms with Crippen molar-refractivity contribution < 1.29 is 14.3 Å². The van der Waals surface area contributed by atoms with Gasteiger partial charge < -0.3 is 10.1 Å². The molecule has 3 rings (SSSR count). The second kappa shape index (κ2) is 6.93. The zero-order chi connectivity index (χ0) is 17.3. The highest BCUT2D eigenvalue weighted by Gasteiger charge is 2.39. The fraction of sp³-hybridized carbons (Fsp3) is 0.474. The fourth-order valence-corrected chi connectivity index (χ4v) is 4.17. The van der Waals surface area contributed by atoms with Crippen LogP contribution in [0.15, 0.2) is 40.1 Å². The van der Waals surface area contributed by atoms with Crippen molar-refractivity contribution in [3.8, 4) is 0 Å². The van der Waals surface area contributed by atoms with E-state index in [0.717, 1.165) is 41.1 Å². The average molecular weight is 345 g/mol. The first-order chi connectivity index (χ1) is 11.5. The number of esters is 1. The number of carbonyl (C=O) groups excluding carboxylic acids is 2. The molecular formula is C19H23NO3S. The Morgan fingerprint density at radius 3 is 2.92 bits per heavy atom. The number of allylic oxidation sites excluding steroid dienone is 3. The maximum Gasteiger partial charge on any atom is 0.337 e. The maximum absolute atomic E-state index is 12.8. The summed E-state index contributed by atoms with van der Waals surface area (Å²) in [6.07, 6.45) is 2.90. The first kappa shape index (κ1) is 17.0. The number of dihydropyridines is 1. The summed E-state index contributed by atoms with van der Waals surface area (Å²) in [5.74, 6) is -0.480. The lowest BCUT2D eigenvalue weighted by Gasteiger charge is -2.33. The van der Waals surface area contributed by atoms with Crippen LogP contribution in [0, 0.1) is 0 Å². The van der Waals surface area contributed by atoms with E-state index >= 15 is 0 Å². The van der Waals surface area contributed by atoms with Gasteiger partial charge in [0.1, 0.15) is 0 Å². The van der Waals surface area contributed by atoms with E-state index < -0.39 is 0 Å². The number of Topliss-reactive ketones (excluding diaryl/α,β-unsaturated/α-hetero) is 1. The number of carbonyl (C=O) groups is 2. The van der Waals surface area contributed by atoms with Gasteiger partial charge in [-0.2, -0.15) is 0 Å². The standard InChI is InChI=1S/C19H23NO3S/c1-4-11(2)23-19(22)16-12(3)20-13-7-5-8-14(21)17(13)18(16)15-9-6-10-24-15/h6,9-11,18,20H,4-5,7-8H2,1-3H3/t11-,18-/m1/s1. The van der Waals surface area contributed by atoms with Crippen LogP contribution in [0.5, 0.6) is 0 Å². The summed E-state index contributed by atoms with van der Waals surface area (Å²) in [5.41, 5.74) is 3.11. The summed E-state index contributed by atoms with van der Waals surface area (Å²) in [4.78, 5) is 26.5. The third-order valence-corrected chi connectivity index (χ3v) is 5.64. The molecule has 24 heavy (non-hydrogen) atoms. The van der Waals surface area contributed by atoms with Crippen LogP contribution < -0.4 is 5.32 Å². The van der Waals surface area contributed by atoms with E-state index in [1.165, 1.54) is 0 Å². The van der Waals surface area contributed by atoms with Gasteiger partial charge in [0.2, 0.25) is 0 Å². The molecule has 0 spiro atoms. The van der Waals surface area contributed by atoms with Gasteiger partial charge in [-0.15, -0.1) is 11.3 Å². The zero-order valence-corrected chi connectivity index (χ0v) is 15.2. The number of ether oxygens (including phenoxy) is 1. The van der Waals surface area contributed by atoms with Gasteiger partial charge in [0.05, 0.1) is 17.6 Å². The van der Waals surface area contributed by atoms with E-state index in [4.69, 9.17) is 4.74 Å². The van der Waals surface area contributed by atoms with Gasteiger partial charge in [0.15, 0.2) is 5.78 Å². The van der Waals surface area contributed by atoms with Gasteiger partial charge in [-0.05, 0) is 44.6 Å². The summed E-state index contributed by atoms with van der Waals surface area (Å²) < 4.78 is 5.59. The van der Waals surface area contributed by atoms with Crippen molar-refractivity contribution in [2.45, 2.75) is 58.5 Å². The third kappa shape index (κ3) is 3.05. The van der Waals surface area contributed by atoms with Crippen LogP contribution >= 0.6 is 11.3 Å². The van der Waals surface area contributed by atoms with Crippen molar-refractivity contribution in [1.82, 2.24) is 5.32 Å². The number of nitrogens with one attached hydrogen (secondary N) is 1. The number of hydrogen-bond donors (Lipinski definition) is 1. The second-order valence-corrected chi connectivity index (χ2v) is 7.38. The summed E-state index contributed by atoms with van der Waals surface area (Å²) in [6.45, 7) is 5.78. The van der Waals surface area contributed by atoms with Crippen molar-refractivity contribution >= 4 is 23.1 Å². The monoisotopic (exact) mass is 345 g/mol. The van der Waals surface area contributed by atoms with Crippen molar-refractivity contribution in [2.24, 2.45) is 0 Å². The van der Waals surface area contributed by atoms with E-state index in [1.54, 1.807) is 11.3 Å². The number of thiophene rings is 1. The molecule has 2 heterocycles. The molecule has 1 aromatic heterocycles. The molecule has 0 unspecified atom stereocenters. The molecule has 1 aromatic rings. The molecule has 0 aromatic carbocycles. The summed E-state index contributed by atoms with van der Waals surface area (Å²) in [5, 5.41) is 5.29. The molecule has 0 fully saturated rings. The van der Waals surface area contributed by atoms with Crippen LogP contribution in [0.2, 0.25) is 0 Å². The second-order valence-electron chi connectivity index (χ2n) is 6.41. The van der Waals surface area contributed by atoms with Crippen molar-refractivity contribution in [3.63, 3.8) is 0 Å². The van der Waals surface area contributed by atoms with Crippen molar-refractivity contribution in [1.29, 1.82) is 0 Å². The highest BCUT2D eigenvalue weighted by molar-refractivity contribution is 7.10. The van der Waals surface area contributed by atoms with Gasteiger partial charge in [0.25, 0.3) is 0 Å². The lowest BCUT2D eigenvalue weighted by Crippen LogP contribution is -2.34. The minimum Gasteiger partial charge on any atom is -0.459 e. The quantitative estimate of drug-likeness (QED) is 0.836. The topological polar surface area (TPSA) is 55.4 Å². The maximum atomic E-state index is 12.8. The molecule has 4 nitrogen and oxygen atoms in total. The Balaban J connectivity index is 2.06. The summed E-state index contributed by atoms with van der Waals surface area (Å²) >= 11 is 1.58. The Morgan fingerprint density at radius 2 is 2.25 bits per heavy atom. The first-order valence-corrected chi connectivity index (χ1v) is 9.39. The molecule has 128 valence electrons. The Kier molecular flexibility index (Phi) is 4.90. The number of ketones is 1. The van der Waals surface area contributed by atoms with Gasteiger partial charge >= 0.3 is 5.97 Å². The van der Waals surface area contributed by atoms with Crippen LogP contribution in [0.1, 0.15) is 57.2 Å². The van der Waals surface area contributed by atoms with Crippen molar-refractivity contribution in [2.75, 3.05) is 0 Å². The highest BCUT2D eigenvalue weighted by Crippen LogP contribution is 2.43. The van der Waals surface area contributed by atoms with E-state index in [2.05, 4.69) is 5.32 Å². The predicted octanol–water partition coefficient (Wildman–Crippen LogP) is 4.06. The molecule has 0 amide bonds. The average Bonchev–Trinajstić information content (AvgIpc) is 3.07. The molecule has 5 heteroatoms. The predicted molar refractivity (Wildman–Crippen MR) is 94.6 cm³/mol. The van der Waals surface area contributed by atoms with E-state index in [-0.39, 0.29) is 23.8 Å².